The van der Waals surface area contributed by atoms with Gasteiger partial charge in [0.2, 0.25) is 0 Å². The van der Waals surface area contributed by atoms with Gasteiger partial charge in [0.1, 0.15) is 0 Å². The first kappa shape index (κ1) is 24.8. The molecule has 0 aliphatic rings. The van der Waals surface area contributed by atoms with Gasteiger partial charge >= 0.3 is 0 Å². The van der Waals surface area contributed by atoms with Crippen molar-refractivity contribution < 1.29 is 0 Å². The molecule has 0 nitrogen and oxygen atoms in total. The Hall–Kier alpha value is -5.72. The summed E-state index contributed by atoms with van der Waals surface area (Å²) in [6.45, 7) is 0. The molecule has 9 aromatic carbocycles. The summed E-state index contributed by atoms with van der Waals surface area (Å²) in [7, 11) is 0. The first-order valence-electron chi connectivity index (χ1n) is 15.3. The molecule has 0 aromatic heterocycles. The SMILES string of the molecule is c1ccc(-c2ccc(-c3c4ccccc4c(-c4cccc5cc6ccc7ccccc7c6cc45)c4ccccc34)cc2)cc1. The van der Waals surface area contributed by atoms with Gasteiger partial charge in [-0.25, -0.2) is 0 Å². The van der Waals surface area contributed by atoms with E-state index in [2.05, 4.69) is 170 Å². The summed E-state index contributed by atoms with van der Waals surface area (Å²) in [5.74, 6) is 0. The van der Waals surface area contributed by atoms with Crippen molar-refractivity contribution in [2.75, 3.05) is 0 Å². The highest BCUT2D eigenvalue weighted by Gasteiger charge is 2.18. The van der Waals surface area contributed by atoms with Crippen LogP contribution < -0.4 is 0 Å². The van der Waals surface area contributed by atoms with Gasteiger partial charge in [0, 0.05) is 0 Å². The predicted octanol–water partition coefficient (Wildman–Crippen LogP) is 12.5. The van der Waals surface area contributed by atoms with E-state index >= 15 is 0 Å². The van der Waals surface area contributed by atoms with Crippen molar-refractivity contribution in [3.8, 4) is 33.4 Å². The van der Waals surface area contributed by atoms with E-state index in [9.17, 15) is 0 Å². The summed E-state index contributed by atoms with van der Waals surface area (Å²) < 4.78 is 0. The van der Waals surface area contributed by atoms with Gasteiger partial charge in [0.25, 0.3) is 0 Å². The van der Waals surface area contributed by atoms with Crippen LogP contribution in [-0.2, 0) is 0 Å². The Kier molecular flexibility index (Phi) is 5.61. The molecule has 0 amide bonds. The molecule has 44 heavy (non-hydrogen) atoms. The lowest BCUT2D eigenvalue weighted by atomic mass is 9.84. The van der Waals surface area contributed by atoms with Gasteiger partial charge in [-0.2, -0.15) is 0 Å². The molecule has 9 rings (SSSR count). The van der Waals surface area contributed by atoms with Gasteiger partial charge in [0.15, 0.2) is 0 Å². The molecule has 0 fully saturated rings. The normalized spacial score (nSPS) is 11.6. The van der Waals surface area contributed by atoms with E-state index in [0.717, 1.165) is 0 Å². The van der Waals surface area contributed by atoms with Crippen molar-refractivity contribution in [3.63, 3.8) is 0 Å². The fourth-order valence-corrected chi connectivity index (χ4v) is 7.19. The van der Waals surface area contributed by atoms with E-state index in [1.165, 1.54) is 87.2 Å². The maximum Gasteiger partial charge on any atom is -0.00201 e. The number of rotatable bonds is 3. The minimum Gasteiger partial charge on any atom is -0.0622 e. The topological polar surface area (TPSA) is 0 Å². The fraction of sp³-hybridized carbons (Fsp3) is 0. The maximum atomic E-state index is 2.42. The maximum absolute atomic E-state index is 2.42. The van der Waals surface area contributed by atoms with Crippen molar-refractivity contribution in [1.29, 1.82) is 0 Å². The Morgan fingerprint density at radius 2 is 0.727 bits per heavy atom. The molecule has 0 radical (unpaired) electrons. The van der Waals surface area contributed by atoms with Gasteiger partial charge in [-0.05, 0) is 99.4 Å². The Balaban J connectivity index is 1.34. The van der Waals surface area contributed by atoms with Crippen LogP contribution >= 0.6 is 0 Å². The summed E-state index contributed by atoms with van der Waals surface area (Å²) >= 11 is 0. The van der Waals surface area contributed by atoms with Crippen LogP contribution in [0.4, 0.5) is 0 Å². The Labute approximate surface area is 256 Å². The molecular weight excluding hydrogens is 528 g/mol. The Bertz CT molecular complexity index is 2460. The third-order valence-electron chi connectivity index (χ3n) is 9.23. The highest BCUT2D eigenvalue weighted by atomic mass is 14.2. The van der Waals surface area contributed by atoms with Crippen LogP contribution in [0.3, 0.4) is 0 Å². The summed E-state index contributed by atoms with van der Waals surface area (Å²) in [6.07, 6.45) is 0. The van der Waals surface area contributed by atoms with Crippen LogP contribution in [0.5, 0.6) is 0 Å². The highest BCUT2D eigenvalue weighted by Crippen LogP contribution is 2.46. The third-order valence-corrected chi connectivity index (χ3v) is 9.23. The Morgan fingerprint density at radius 1 is 0.227 bits per heavy atom. The second-order valence-electron chi connectivity index (χ2n) is 11.7. The van der Waals surface area contributed by atoms with Gasteiger partial charge in [0.05, 0.1) is 0 Å². The first-order chi connectivity index (χ1) is 21.8. The van der Waals surface area contributed by atoms with E-state index in [0.29, 0.717) is 0 Å². The molecule has 0 unspecified atom stereocenters. The molecule has 0 heteroatoms. The van der Waals surface area contributed by atoms with Crippen LogP contribution in [0.15, 0.2) is 170 Å². The van der Waals surface area contributed by atoms with E-state index in [4.69, 9.17) is 0 Å². The second kappa shape index (κ2) is 9.93. The lowest BCUT2D eigenvalue weighted by Gasteiger charge is -2.19. The van der Waals surface area contributed by atoms with E-state index in [1.807, 2.05) is 0 Å². The molecule has 0 aliphatic heterocycles. The number of hydrogen-bond donors (Lipinski definition) is 0. The quantitative estimate of drug-likeness (QED) is 0.150. The largest absolute Gasteiger partial charge is 0.0622 e. The zero-order valence-electron chi connectivity index (χ0n) is 24.2. The Morgan fingerprint density at radius 3 is 1.43 bits per heavy atom. The summed E-state index contributed by atoms with van der Waals surface area (Å²) in [6, 6.07) is 62.3. The summed E-state index contributed by atoms with van der Waals surface area (Å²) in [4.78, 5) is 0. The van der Waals surface area contributed by atoms with Crippen LogP contribution in [0.2, 0.25) is 0 Å². The molecule has 9 aromatic rings. The summed E-state index contributed by atoms with van der Waals surface area (Å²) in [5, 5.41) is 12.8. The third kappa shape index (κ3) is 3.85. The van der Waals surface area contributed by atoms with Crippen LogP contribution in [0.1, 0.15) is 0 Å². The van der Waals surface area contributed by atoms with Crippen LogP contribution in [-0.4, -0.2) is 0 Å². The van der Waals surface area contributed by atoms with E-state index < -0.39 is 0 Å². The minimum atomic E-state index is 1.23. The molecule has 0 N–H and O–H groups in total. The molecule has 0 saturated heterocycles. The van der Waals surface area contributed by atoms with Gasteiger partial charge in [-0.15, -0.1) is 0 Å². The van der Waals surface area contributed by atoms with Gasteiger partial charge < -0.3 is 0 Å². The van der Waals surface area contributed by atoms with Crippen LogP contribution in [0.25, 0.3) is 87.2 Å². The zero-order valence-corrected chi connectivity index (χ0v) is 24.2. The molecular formula is C44H28. The van der Waals surface area contributed by atoms with Crippen molar-refractivity contribution >= 4 is 53.9 Å². The van der Waals surface area contributed by atoms with Crippen molar-refractivity contribution in [2.45, 2.75) is 0 Å². The molecule has 0 heterocycles. The predicted molar refractivity (Wildman–Crippen MR) is 190 cm³/mol. The number of fused-ring (bicyclic) bond motifs is 6. The van der Waals surface area contributed by atoms with Crippen molar-refractivity contribution in [3.05, 3.63) is 170 Å². The lowest BCUT2D eigenvalue weighted by Crippen LogP contribution is -1.92. The van der Waals surface area contributed by atoms with Gasteiger partial charge in [-0.3, -0.25) is 0 Å². The standard InChI is InChI=1S/C44H28/c1-2-11-29(12-3-1)30-21-24-32(25-22-30)43-36-16-6-8-18-38(36)44(39-19-9-7-17-37(39)43)40-20-10-14-33-27-34-26-23-31-13-4-5-15-35(31)41(34)28-42(33)40/h1-28H. The van der Waals surface area contributed by atoms with Crippen LogP contribution in [0, 0.1) is 0 Å². The average Bonchev–Trinajstić information content (AvgIpc) is 3.10. The second-order valence-corrected chi connectivity index (χ2v) is 11.7. The lowest BCUT2D eigenvalue weighted by molar-refractivity contribution is 1.61. The molecule has 0 spiro atoms. The van der Waals surface area contributed by atoms with Crippen molar-refractivity contribution in [1.82, 2.24) is 0 Å². The molecule has 0 saturated carbocycles. The number of benzene rings is 9. The van der Waals surface area contributed by atoms with E-state index in [-0.39, 0.29) is 0 Å². The van der Waals surface area contributed by atoms with Gasteiger partial charge in [-0.1, -0.05) is 158 Å². The molecule has 0 bridgehead atoms. The minimum absolute atomic E-state index is 1.23. The first-order valence-corrected chi connectivity index (χ1v) is 15.3. The summed E-state index contributed by atoms with van der Waals surface area (Å²) in [5.41, 5.74) is 7.56. The monoisotopic (exact) mass is 556 g/mol. The number of hydrogen-bond acceptors (Lipinski definition) is 0. The molecule has 0 atom stereocenters. The highest BCUT2D eigenvalue weighted by molar-refractivity contribution is 6.24. The zero-order chi connectivity index (χ0) is 29.0. The average molecular weight is 557 g/mol. The smallest absolute Gasteiger partial charge is 0.00201 e. The molecule has 204 valence electrons. The van der Waals surface area contributed by atoms with E-state index in [1.54, 1.807) is 0 Å². The molecule has 0 aliphatic carbocycles. The van der Waals surface area contributed by atoms with Crippen molar-refractivity contribution in [2.24, 2.45) is 0 Å². The fourth-order valence-electron chi connectivity index (χ4n) is 7.19.